The molecule has 3 nitrogen and oxygen atoms in total. The van der Waals surface area contributed by atoms with E-state index >= 15 is 0 Å². The van der Waals surface area contributed by atoms with Crippen molar-refractivity contribution in [2.45, 2.75) is 39.3 Å². The second kappa shape index (κ2) is 7.09. The average molecular weight is 276 g/mol. The van der Waals surface area contributed by atoms with Crippen molar-refractivity contribution in [2.24, 2.45) is 5.92 Å². The van der Waals surface area contributed by atoms with Crippen molar-refractivity contribution in [3.05, 3.63) is 29.8 Å². The first kappa shape index (κ1) is 15.3. The van der Waals surface area contributed by atoms with Crippen LogP contribution >= 0.6 is 0 Å². The van der Waals surface area contributed by atoms with Crippen LogP contribution in [0, 0.1) is 5.92 Å². The molecule has 0 aromatic heterocycles. The molecular weight excluding hydrogens is 248 g/mol. The van der Waals surface area contributed by atoms with E-state index in [4.69, 9.17) is 4.74 Å². The Kier molecular flexibility index (Phi) is 5.44. The summed E-state index contributed by atoms with van der Waals surface area (Å²) in [4.78, 5) is 2.39. The fourth-order valence-electron chi connectivity index (χ4n) is 2.65. The first-order valence-corrected chi connectivity index (χ1v) is 7.75. The van der Waals surface area contributed by atoms with Gasteiger partial charge in [-0.3, -0.25) is 0 Å². The number of nitrogens with one attached hydrogen (secondary N) is 1. The van der Waals surface area contributed by atoms with E-state index in [1.54, 1.807) is 0 Å². The molecule has 112 valence electrons. The predicted octanol–water partition coefficient (Wildman–Crippen LogP) is 3.08. The van der Waals surface area contributed by atoms with Gasteiger partial charge in [0.05, 0.1) is 6.61 Å². The zero-order valence-electron chi connectivity index (χ0n) is 13.2. The molecule has 0 bridgehead atoms. The van der Waals surface area contributed by atoms with E-state index in [1.165, 1.54) is 12.0 Å². The number of rotatable bonds is 6. The molecule has 0 fully saturated rings. The zero-order chi connectivity index (χ0) is 14.5. The molecule has 2 unspecified atom stereocenters. The molecule has 1 heterocycles. The first-order valence-electron chi connectivity index (χ1n) is 7.75. The van der Waals surface area contributed by atoms with E-state index in [1.807, 2.05) is 6.07 Å². The second-order valence-electron chi connectivity index (χ2n) is 6.19. The number of ether oxygens (including phenoxy) is 1. The topological polar surface area (TPSA) is 24.5 Å². The minimum absolute atomic E-state index is 0.421. The highest BCUT2D eigenvalue weighted by Crippen LogP contribution is 2.34. The Balaban J connectivity index is 1.86. The van der Waals surface area contributed by atoms with Crippen LogP contribution in [0.1, 0.15) is 38.8 Å². The lowest BCUT2D eigenvalue weighted by Crippen LogP contribution is -2.36. The Hall–Kier alpha value is -1.06. The van der Waals surface area contributed by atoms with Crippen LogP contribution in [0.2, 0.25) is 0 Å². The Bertz CT molecular complexity index is 419. The fraction of sp³-hybridized carbons (Fsp3) is 0.647. The molecule has 0 amide bonds. The first-order chi connectivity index (χ1) is 9.59. The molecule has 0 saturated carbocycles. The highest BCUT2D eigenvalue weighted by Gasteiger charge is 2.26. The van der Waals surface area contributed by atoms with Crippen LogP contribution in [-0.2, 0) is 0 Å². The lowest BCUT2D eigenvalue weighted by Gasteiger charge is -2.32. The number of fused-ring (bicyclic) bond motifs is 1. The number of nitrogens with zero attached hydrogens (tertiary/aromatic N) is 1. The smallest absolute Gasteiger partial charge is 0.124 e. The maximum absolute atomic E-state index is 5.79. The quantitative estimate of drug-likeness (QED) is 0.808. The normalized spacial score (nSPS) is 21.9. The molecule has 1 aromatic carbocycles. The van der Waals surface area contributed by atoms with E-state index in [2.05, 4.69) is 56.2 Å². The molecule has 1 aliphatic rings. The van der Waals surface area contributed by atoms with Gasteiger partial charge in [-0.25, -0.2) is 0 Å². The molecule has 20 heavy (non-hydrogen) atoms. The second-order valence-corrected chi connectivity index (χ2v) is 6.19. The summed E-state index contributed by atoms with van der Waals surface area (Å²) < 4.78 is 5.79. The van der Waals surface area contributed by atoms with E-state index < -0.39 is 0 Å². The van der Waals surface area contributed by atoms with Gasteiger partial charge in [0.1, 0.15) is 5.75 Å². The Morgan fingerprint density at radius 2 is 2.10 bits per heavy atom. The van der Waals surface area contributed by atoms with Crippen LogP contribution in [0.5, 0.6) is 5.75 Å². The lowest BCUT2D eigenvalue weighted by atomic mass is 9.92. The Morgan fingerprint density at radius 3 is 2.85 bits per heavy atom. The summed E-state index contributed by atoms with van der Waals surface area (Å²) in [5.41, 5.74) is 1.31. The minimum Gasteiger partial charge on any atom is -0.493 e. The highest BCUT2D eigenvalue weighted by atomic mass is 16.5. The molecule has 0 aliphatic carbocycles. The van der Waals surface area contributed by atoms with Crippen molar-refractivity contribution in [3.63, 3.8) is 0 Å². The SMILES string of the molecule is CC1COc2ccccc2C1NCCCN(C)C(C)C. The summed E-state index contributed by atoms with van der Waals surface area (Å²) >= 11 is 0. The molecule has 1 aromatic rings. The molecule has 2 rings (SSSR count). The maximum Gasteiger partial charge on any atom is 0.124 e. The third kappa shape index (κ3) is 3.74. The van der Waals surface area contributed by atoms with Crippen LogP contribution < -0.4 is 10.1 Å². The summed E-state index contributed by atoms with van der Waals surface area (Å²) in [5.74, 6) is 1.56. The van der Waals surface area contributed by atoms with E-state index in [-0.39, 0.29) is 0 Å². The van der Waals surface area contributed by atoms with Crippen molar-refractivity contribution in [1.82, 2.24) is 10.2 Å². The van der Waals surface area contributed by atoms with Crippen LogP contribution in [0.25, 0.3) is 0 Å². The molecule has 0 saturated heterocycles. The van der Waals surface area contributed by atoms with Gasteiger partial charge in [0, 0.05) is 23.6 Å². The van der Waals surface area contributed by atoms with Gasteiger partial charge in [-0.1, -0.05) is 25.1 Å². The molecule has 0 radical (unpaired) electrons. The van der Waals surface area contributed by atoms with Crippen molar-refractivity contribution >= 4 is 0 Å². The van der Waals surface area contributed by atoms with Crippen LogP contribution in [0.4, 0.5) is 0 Å². The maximum atomic E-state index is 5.79. The molecule has 2 atom stereocenters. The molecule has 0 spiro atoms. The summed E-state index contributed by atoms with van der Waals surface area (Å²) in [6, 6.07) is 9.44. The monoisotopic (exact) mass is 276 g/mol. The van der Waals surface area contributed by atoms with E-state index in [0.29, 0.717) is 18.0 Å². The highest BCUT2D eigenvalue weighted by molar-refractivity contribution is 5.37. The average Bonchev–Trinajstić information content (AvgIpc) is 2.45. The number of para-hydroxylation sites is 1. The summed E-state index contributed by atoms with van der Waals surface area (Å²) in [7, 11) is 2.19. The van der Waals surface area contributed by atoms with Gasteiger partial charge in [0.25, 0.3) is 0 Å². The number of hydrogen-bond acceptors (Lipinski definition) is 3. The van der Waals surface area contributed by atoms with Gasteiger partial charge in [0.2, 0.25) is 0 Å². The Labute approximate surface area is 123 Å². The van der Waals surface area contributed by atoms with Gasteiger partial charge in [-0.05, 0) is 46.5 Å². The zero-order valence-corrected chi connectivity index (χ0v) is 13.2. The summed E-state index contributed by atoms with van der Waals surface area (Å²) in [6.07, 6.45) is 1.18. The van der Waals surface area contributed by atoms with Gasteiger partial charge in [-0.15, -0.1) is 0 Å². The molecular formula is C17H28N2O. The van der Waals surface area contributed by atoms with Gasteiger partial charge in [-0.2, -0.15) is 0 Å². The van der Waals surface area contributed by atoms with Crippen molar-refractivity contribution in [3.8, 4) is 5.75 Å². The molecule has 1 N–H and O–H groups in total. The van der Waals surface area contributed by atoms with Crippen molar-refractivity contribution in [1.29, 1.82) is 0 Å². The predicted molar refractivity (Wildman–Crippen MR) is 84.2 cm³/mol. The summed E-state index contributed by atoms with van der Waals surface area (Å²) in [5, 5.41) is 3.72. The van der Waals surface area contributed by atoms with E-state index in [9.17, 15) is 0 Å². The third-order valence-electron chi connectivity index (χ3n) is 4.26. The minimum atomic E-state index is 0.421. The van der Waals surface area contributed by atoms with E-state index in [0.717, 1.165) is 25.4 Å². The summed E-state index contributed by atoms with van der Waals surface area (Å²) in [6.45, 7) is 9.74. The lowest BCUT2D eigenvalue weighted by molar-refractivity contribution is 0.186. The number of hydrogen-bond donors (Lipinski definition) is 1. The number of benzene rings is 1. The van der Waals surface area contributed by atoms with Crippen molar-refractivity contribution < 1.29 is 4.74 Å². The van der Waals surface area contributed by atoms with Gasteiger partial charge < -0.3 is 15.0 Å². The van der Waals surface area contributed by atoms with Gasteiger partial charge >= 0.3 is 0 Å². The fourth-order valence-corrected chi connectivity index (χ4v) is 2.65. The standard InChI is InChI=1S/C17H28N2O/c1-13(2)19(4)11-7-10-18-17-14(3)12-20-16-9-6-5-8-15(16)17/h5-6,8-9,13-14,17-18H,7,10-12H2,1-4H3. The van der Waals surface area contributed by atoms with Crippen LogP contribution in [0.15, 0.2) is 24.3 Å². The Morgan fingerprint density at radius 1 is 1.35 bits per heavy atom. The molecule has 3 heteroatoms. The third-order valence-corrected chi connectivity index (χ3v) is 4.26. The largest absolute Gasteiger partial charge is 0.493 e. The van der Waals surface area contributed by atoms with Crippen LogP contribution in [-0.4, -0.2) is 37.7 Å². The van der Waals surface area contributed by atoms with Crippen molar-refractivity contribution in [2.75, 3.05) is 26.7 Å². The molecule has 1 aliphatic heterocycles. The van der Waals surface area contributed by atoms with Crippen LogP contribution in [0.3, 0.4) is 0 Å². The van der Waals surface area contributed by atoms with Gasteiger partial charge in [0.15, 0.2) is 0 Å².